The van der Waals surface area contributed by atoms with E-state index in [0.717, 1.165) is 16.7 Å². The molecule has 1 aromatic carbocycles. The van der Waals surface area contributed by atoms with E-state index in [4.69, 9.17) is 23.7 Å². The molecule has 2 saturated heterocycles. The molecule has 0 bridgehead atoms. The van der Waals surface area contributed by atoms with Crippen LogP contribution in [0.1, 0.15) is 58.2 Å². The molecule has 2 heterocycles. The molecule has 0 aromatic heterocycles. The molecular formula is C35H56O17. The summed E-state index contributed by atoms with van der Waals surface area (Å²) in [7, 11) is 0. The molecule has 14 atom stereocenters. The van der Waals surface area contributed by atoms with Gasteiger partial charge in [-0.25, -0.2) is 0 Å². The number of rotatable bonds is 15. The standard InChI is InChI=1S/C35H56O17/c1-34(2,3)17-10-16(11-18(23(17)40)35(4,5)6)8-7-9-48-31-29(46)27(44)22(15-50-32-30(47)28(45)26(43)21(13-37)51-32)52-33(31)49-14-20(39)25(42)24(41)19(38)12-36/h7,9-12,19-22,24-33,37-47H,8,13-15H2,1-6H3/b9-7+/t19-,20+,21+,22+,24+,25+,26+,27+,28-,29-,30+,31+,32-,33-/m0/s1. The molecule has 0 unspecified atom stereocenters. The van der Waals surface area contributed by atoms with Crippen LogP contribution in [0.4, 0.5) is 0 Å². The predicted octanol–water partition coefficient (Wildman–Crippen LogP) is -2.65. The summed E-state index contributed by atoms with van der Waals surface area (Å²) < 4.78 is 27.9. The lowest BCUT2D eigenvalue weighted by molar-refractivity contribution is -0.333. The van der Waals surface area contributed by atoms with Crippen molar-refractivity contribution in [2.45, 2.75) is 145 Å². The highest BCUT2D eigenvalue weighted by molar-refractivity contribution is 5.56. The number of carbonyl (C=O) groups excluding carboxylic acids is 1. The second-order valence-corrected chi connectivity index (χ2v) is 15.3. The number of aliphatic hydroxyl groups is 10. The maximum Gasteiger partial charge on any atom is 0.197 e. The Hall–Kier alpha value is -2.33. The summed E-state index contributed by atoms with van der Waals surface area (Å²) in [4.78, 5) is 10.8. The highest BCUT2D eigenvalue weighted by atomic mass is 16.7. The van der Waals surface area contributed by atoms with E-state index in [1.54, 1.807) is 6.08 Å². The molecule has 2 fully saturated rings. The van der Waals surface area contributed by atoms with Crippen molar-refractivity contribution in [3.05, 3.63) is 41.2 Å². The first-order valence-corrected chi connectivity index (χ1v) is 17.0. The van der Waals surface area contributed by atoms with Crippen LogP contribution < -0.4 is 0 Å². The fourth-order valence-electron chi connectivity index (χ4n) is 5.81. The molecule has 17 nitrogen and oxygen atoms in total. The number of allylic oxidation sites excluding steroid dienone is 1. The first kappa shape index (κ1) is 44.1. The van der Waals surface area contributed by atoms with Gasteiger partial charge in [0.1, 0.15) is 72.9 Å². The van der Waals surface area contributed by atoms with E-state index in [9.17, 15) is 61.0 Å². The summed E-state index contributed by atoms with van der Waals surface area (Å²) in [6.45, 7) is 9.78. The third-order valence-electron chi connectivity index (χ3n) is 9.05. The number of aromatic hydroxyl groups is 1. The number of aldehydes is 1. The molecule has 0 saturated carbocycles. The van der Waals surface area contributed by atoms with Crippen molar-refractivity contribution < 1.29 is 84.7 Å². The van der Waals surface area contributed by atoms with Crippen molar-refractivity contribution in [1.82, 2.24) is 0 Å². The van der Waals surface area contributed by atoms with E-state index in [1.165, 1.54) is 6.26 Å². The van der Waals surface area contributed by atoms with Gasteiger partial charge in [0, 0.05) is 0 Å². The Bertz CT molecular complexity index is 1270. The molecule has 0 amide bonds. The van der Waals surface area contributed by atoms with Crippen molar-refractivity contribution in [2.75, 3.05) is 19.8 Å². The summed E-state index contributed by atoms with van der Waals surface area (Å²) in [5, 5.41) is 113. The Morgan fingerprint density at radius 1 is 0.769 bits per heavy atom. The molecule has 298 valence electrons. The van der Waals surface area contributed by atoms with E-state index in [1.807, 2.05) is 53.7 Å². The van der Waals surface area contributed by atoms with Crippen LogP contribution in [0.5, 0.6) is 5.75 Å². The number of aliphatic hydroxyl groups excluding tert-OH is 10. The van der Waals surface area contributed by atoms with Crippen molar-refractivity contribution in [3.8, 4) is 5.75 Å². The molecule has 2 aliphatic rings. The van der Waals surface area contributed by atoms with Crippen LogP contribution in [-0.4, -0.2) is 168 Å². The zero-order valence-corrected chi connectivity index (χ0v) is 30.2. The van der Waals surface area contributed by atoms with Gasteiger partial charge in [0.05, 0.1) is 26.1 Å². The minimum Gasteiger partial charge on any atom is -0.507 e. The van der Waals surface area contributed by atoms with E-state index >= 15 is 0 Å². The Balaban J connectivity index is 1.80. The van der Waals surface area contributed by atoms with E-state index in [0.29, 0.717) is 6.42 Å². The zero-order chi connectivity index (χ0) is 39.3. The molecule has 2 aliphatic heterocycles. The van der Waals surface area contributed by atoms with E-state index in [-0.39, 0.29) is 22.9 Å². The van der Waals surface area contributed by atoms with Gasteiger partial charge in [-0.3, -0.25) is 0 Å². The average Bonchev–Trinajstić information content (AvgIpc) is 3.08. The Labute approximate surface area is 302 Å². The molecule has 0 aliphatic carbocycles. The number of hydrogen-bond acceptors (Lipinski definition) is 17. The maximum absolute atomic E-state index is 11.1. The van der Waals surface area contributed by atoms with Crippen LogP contribution in [0.15, 0.2) is 24.5 Å². The normalized spacial score (nSPS) is 32.7. The monoisotopic (exact) mass is 748 g/mol. The van der Waals surface area contributed by atoms with Gasteiger partial charge in [-0.2, -0.15) is 0 Å². The molecule has 0 radical (unpaired) electrons. The third kappa shape index (κ3) is 10.7. The Morgan fingerprint density at radius 3 is 1.87 bits per heavy atom. The van der Waals surface area contributed by atoms with Crippen molar-refractivity contribution in [1.29, 1.82) is 0 Å². The maximum atomic E-state index is 11.1. The van der Waals surface area contributed by atoms with Crippen molar-refractivity contribution in [3.63, 3.8) is 0 Å². The van der Waals surface area contributed by atoms with Gasteiger partial charge in [0.25, 0.3) is 0 Å². The van der Waals surface area contributed by atoms with Crippen molar-refractivity contribution >= 4 is 6.29 Å². The summed E-state index contributed by atoms with van der Waals surface area (Å²) in [5.74, 6) is 0.214. The fraction of sp³-hybridized carbons (Fsp3) is 0.743. The molecule has 52 heavy (non-hydrogen) atoms. The highest BCUT2D eigenvalue weighted by Crippen LogP contribution is 2.40. The van der Waals surface area contributed by atoms with E-state index in [2.05, 4.69) is 0 Å². The SMILES string of the molecule is CC(C)(C)c1cc(C/C=C/O[C@H]2[C@@H](OC[C@@H](O)[C@@H](O)[C@H](O)[C@@H](O)C=O)O[C@H](CO[C@H]3O[C@H](CO)[C@@H](O)[C@H](O)[C@H]3O)[C@@H](O)[C@@H]2O)cc(C(C)(C)C)c1O. The summed E-state index contributed by atoms with van der Waals surface area (Å²) in [6.07, 6.45) is -20.9. The lowest BCUT2D eigenvalue weighted by Crippen LogP contribution is -2.62. The highest BCUT2D eigenvalue weighted by Gasteiger charge is 2.49. The average molecular weight is 749 g/mol. The van der Waals surface area contributed by atoms with Crippen LogP contribution in [0.2, 0.25) is 0 Å². The minimum absolute atomic E-state index is 0.0360. The van der Waals surface area contributed by atoms with Crippen LogP contribution in [-0.2, 0) is 45.7 Å². The van der Waals surface area contributed by atoms with Gasteiger partial charge in [0.2, 0.25) is 0 Å². The summed E-state index contributed by atoms with van der Waals surface area (Å²) >= 11 is 0. The number of ether oxygens (including phenoxy) is 5. The quantitative estimate of drug-likeness (QED) is 0.0645. The van der Waals surface area contributed by atoms with Crippen LogP contribution in [0, 0.1) is 0 Å². The molecule has 1 aromatic rings. The molecule has 11 N–H and O–H groups in total. The van der Waals surface area contributed by atoms with Gasteiger partial charge in [-0.05, 0) is 40.0 Å². The van der Waals surface area contributed by atoms with Crippen LogP contribution in [0.25, 0.3) is 0 Å². The molecule has 17 heteroatoms. The lowest BCUT2D eigenvalue weighted by atomic mass is 9.78. The fourth-order valence-corrected chi connectivity index (χ4v) is 5.81. The first-order chi connectivity index (χ1) is 24.1. The summed E-state index contributed by atoms with van der Waals surface area (Å²) in [6, 6.07) is 3.76. The van der Waals surface area contributed by atoms with Gasteiger partial charge in [-0.15, -0.1) is 0 Å². The third-order valence-corrected chi connectivity index (χ3v) is 9.05. The van der Waals surface area contributed by atoms with Crippen molar-refractivity contribution in [2.24, 2.45) is 0 Å². The number of phenolic OH excluding ortho intramolecular Hbond substituents is 1. The van der Waals surface area contributed by atoms with Gasteiger partial charge in [0.15, 0.2) is 25.0 Å². The Morgan fingerprint density at radius 2 is 1.33 bits per heavy atom. The Kier molecular flexibility index (Phi) is 15.5. The number of phenols is 1. The number of hydrogen-bond donors (Lipinski definition) is 11. The lowest BCUT2D eigenvalue weighted by Gasteiger charge is -2.43. The second-order valence-electron chi connectivity index (χ2n) is 15.3. The van der Waals surface area contributed by atoms with Gasteiger partial charge in [-0.1, -0.05) is 53.7 Å². The second kappa shape index (κ2) is 18.3. The van der Waals surface area contributed by atoms with Crippen LogP contribution >= 0.6 is 0 Å². The number of carbonyl (C=O) groups is 1. The van der Waals surface area contributed by atoms with Gasteiger partial charge >= 0.3 is 0 Å². The summed E-state index contributed by atoms with van der Waals surface area (Å²) in [5.41, 5.74) is 1.61. The molecule has 3 rings (SSSR count). The number of benzene rings is 1. The van der Waals surface area contributed by atoms with E-state index < -0.39 is 106 Å². The molecular weight excluding hydrogens is 692 g/mol. The largest absolute Gasteiger partial charge is 0.507 e. The smallest absolute Gasteiger partial charge is 0.197 e. The topological polar surface area (TPSA) is 286 Å². The first-order valence-electron chi connectivity index (χ1n) is 17.0. The zero-order valence-electron chi connectivity index (χ0n) is 30.2. The predicted molar refractivity (Wildman–Crippen MR) is 180 cm³/mol. The minimum atomic E-state index is -2.07. The van der Waals surface area contributed by atoms with Crippen LogP contribution in [0.3, 0.4) is 0 Å². The molecule has 0 spiro atoms. The van der Waals surface area contributed by atoms with Gasteiger partial charge < -0.3 is 84.7 Å².